The second-order valence-corrected chi connectivity index (χ2v) is 5.32. The molecule has 0 radical (unpaired) electrons. The van der Waals surface area contributed by atoms with E-state index >= 15 is 0 Å². The van der Waals surface area contributed by atoms with Crippen LogP contribution < -0.4 is 5.32 Å². The largest absolute Gasteiger partial charge is 0.309 e. The highest BCUT2D eigenvalue weighted by molar-refractivity contribution is 6.33. The Bertz CT molecular complexity index is 644. The van der Waals surface area contributed by atoms with Crippen molar-refractivity contribution < 1.29 is 8.78 Å². The van der Waals surface area contributed by atoms with Crippen LogP contribution in [0.5, 0.6) is 0 Å². The minimum atomic E-state index is -0.707. The molecular weight excluding hydrogens is 303 g/mol. The van der Waals surface area contributed by atoms with Gasteiger partial charge in [0.05, 0.1) is 6.04 Å². The van der Waals surface area contributed by atoms with Crippen molar-refractivity contribution in [3.8, 4) is 0 Å². The van der Waals surface area contributed by atoms with E-state index in [1.807, 2.05) is 0 Å². The Labute approximate surface area is 126 Å². The van der Waals surface area contributed by atoms with Crippen LogP contribution in [-0.2, 0) is 0 Å². The van der Waals surface area contributed by atoms with E-state index in [-0.39, 0.29) is 5.56 Å². The van der Waals surface area contributed by atoms with Crippen LogP contribution in [0.3, 0.4) is 0 Å². The van der Waals surface area contributed by atoms with Crippen LogP contribution in [0.1, 0.15) is 22.7 Å². The number of hydrogen-bond donors (Lipinski definition) is 1. The Morgan fingerprint density at radius 3 is 2.45 bits per heavy atom. The van der Waals surface area contributed by atoms with Gasteiger partial charge in [-0.1, -0.05) is 29.3 Å². The number of halogens is 4. The molecule has 0 aliphatic carbocycles. The molecule has 2 aromatic rings. The van der Waals surface area contributed by atoms with Crippen LogP contribution in [0.25, 0.3) is 0 Å². The SMILES string of the molecule is CNC(c1cc(Cl)ccc1Cl)c1c(F)ccc(C)c1F. The molecular formula is C15H13Cl2F2N. The maximum atomic E-state index is 14.3. The highest BCUT2D eigenvalue weighted by Gasteiger charge is 2.23. The normalized spacial score (nSPS) is 12.5. The molecule has 106 valence electrons. The van der Waals surface area contributed by atoms with E-state index in [0.29, 0.717) is 21.2 Å². The van der Waals surface area contributed by atoms with Gasteiger partial charge in [0.2, 0.25) is 0 Å². The van der Waals surface area contributed by atoms with Gasteiger partial charge in [0, 0.05) is 15.6 Å². The summed E-state index contributed by atoms with van der Waals surface area (Å²) in [7, 11) is 1.61. The number of rotatable bonds is 3. The quantitative estimate of drug-likeness (QED) is 0.850. The zero-order valence-corrected chi connectivity index (χ0v) is 12.5. The second kappa shape index (κ2) is 6.08. The van der Waals surface area contributed by atoms with Gasteiger partial charge in [0.25, 0.3) is 0 Å². The predicted molar refractivity (Wildman–Crippen MR) is 78.5 cm³/mol. The topological polar surface area (TPSA) is 12.0 Å². The van der Waals surface area contributed by atoms with Crippen molar-refractivity contribution >= 4 is 23.2 Å². The van der Waals surface area contributed by atoms with Gasteiger partial charge in [-0.2, -0.15) is 0 Å². The van der Waals surface area contributed by atoms with E-state index in [2.05, 4.69) is 5.32 Å². The summed E-state index contributed by atoms with van der Waals surface area (Å²) in [5.74, 6) is -1.20. The minimum Gasteiger partial charge on any atom is -0.309 e. The highest BCUT2D eigenvalue weighted by Crippen LogP contribution is 2.33. The molecule has 0 saturated heterocycles. The smallest absolute Gasteiger partial charge is 0.134 e. The van der Waals surface area contributed by atoms with Crippen LogP contribution in [0.4, 0.5) is 8.78 Å². The van der Waals surface area contributed by atoms with Crippen LogP contribution in [0.15, 0.2) is 30.3 Å². The van der Waals surface area contributed by atoms with Gasteiger partial charge in [0.15, 0.2) is 0 Å². The zero-order chi connectivity index (χ0) is 14.9. The third-order valence-electron chi connectivity index (χ3n) is 3.17. The molecule has 0 saturated carbocycles. The molecule has 20 heavy (non-hydrogen) atoms. The molecule has 0 spiro atoms. The maximum absolute atomic E-state index is 14.3. The van der Waals surface area contributed by atoms with E-state index < -0.39 is 17.7 Å². The summed E-state index contributed by atoms with van der Waals surface area (Å²) >= 11 is 12.1. The van der Waals surface area contributed by atoms with E-state index in [1.165, 1.54) is 12.1 Å². The predicted octanol–water partition coefficient (Wildman–Crippen LogP) is 4.89. The van der Waals surface area contributed by atoms with E-state index in [0.717, 1.165) is 0 Å². The molecule has 0 bridgehead atoms. The van der Waals surface area contributed by atoms with Gasteiger partial charge in [-0.3, -0.25) is 0 Å². The Balaban J connectivity index is 2.64. The third-order valence-corrected chi connectivity index (χ3v) is 3.75. The fourth-order valence-electron chi connectivity index (χ4n) is 2.13. The van der Waals surface area contributed by atoms with Crippen molar-refractivity contribution in [2.45, 2.75) is 13.0 Å². The van der Waals surface area contributed by atoms with Crippen LogP contribution in [0, 0.1) is 18.6 Å². The number of hydrogen-bond acceptors (Lipinski definition) is 1. The van der Waals surface area contributed by atoms with Crippen molar-refractivity contribution in [1.82, 2.24) is 5.32 Å². The Kier molecular flexibility index (Phi) is 4.63. The summed E-state index contributed by atoms with van der Waals surface area (Å²) in [6.07, 6.45) is 0. The Morgan fingerprint density at radius 1 is 1.10 bits per heavy atom. The molecule has 0 aliphatic rings. The first-order chi connectivity index (χ1) is 9.45. The summed E-state index contributed by atoms with van der Waals surface area (Å²) in [5, 5.41) is 3.74. The summed E-state index contributed by atoms with van der Waals surface area (Å²) in [5.41, 5.74) is 0.849. The Morgan fingerprint density at radius 2 is 1.80 bits per heavy atom. The number of benzene rings is 2. The third kappa shape index (κ3) is 2.80. The molecule has 1 N–H and O–H groups in total. The van der Waals surface area contributed by atoms with Crippen molar-refractivity contribution in [1.29, 1.82) is 0 Å². The average Bonchev–Trinajstić information content (AvgIpc) is 2.42. The van der Waals surface area contributed by atoms with Crippen molar-refractivity contribution in [3.63, 3.8) is 0 Å². The number of aryl methyl sites for hydroxylation is 1. The molecule has 0 amide bonds. The molecule has 2 rings (SSSR count). The lowest BCUT2D eigenvalue weighted by atomic mass is 9.96. The lowest BCUT2D eigenvalue weighted by Crippen LogP contribution is -2.21. The van der Waals surface area contributed by atoms with Gasteiger partial charge in [0.1, 0.15) is 11.6 Å². The Hall–Kier alpha value is -1.16. The molecule has 5 heteroatoms. The number of nitrogens with one attached hydrogen (secondary N) is 1. The average molecular weight is 316 g/mol. The first-order valence-corrected chi connectivity index (χ1v) is 6.78. The van der Waals surface area contributed by atoms with Crippen molar-refractivity contribution in [2.24, 2.45) is 0 Å². The zero-order valence-electron chi connectivity index (χ0n) is 11.0. The fraction of sp³-hybridized carbons (Fsp3) is 0.200. The second-order valence-electron chi connectivity index (χ2n) is 4.48. The molecule has 1 nitrogen and oxygen atoms in total. The minimum absolute atomic E-state index is 0.0586. The van der Waals surface area contributed by atoms with Gasteiger partial charge in [-0.05, 0) is 49.4 Å². The summed E-state index contributed by atoms with van der Waals surface area (Å²) < 4.78 is 28.3. The van der Waals surface area contributed by atoms with Gasteiger partial charge >= 0.3 is 0 Å². The molecule has 1 unspecified atom stereocenters. The van der Waals surface area contributed by atoms with Crippen LogP contribution >= 0.6 is 23.2 Å². The van der Waals surface area contributed by atoms with Gasteiger partial charge in [-0.25, -0.2) is 8.78 Å². The lowest BCUT2D eigenvalue weighted by Gasteiger charge is -2.21. The summed E-state index contributed by atoms with van der Waals surface area (Å²) in [4.78, 5) is 0. The lowest BCUT2D eigenvalue weighted by molar-refractivity contribution is 0.517. The van der Waals surface area contributed by atoms with Crippen molar-refractivity contribution in [3.05, 3.63) is 68.7 Å². The van der Waals surface area contributed by atoms with Crippen LogP contribution in [-0.4, -0.2) is 7.05 Å². The molecule has 0 aliphatic heterocycles. The van der Waals surface area contributed by atoms with E-state index in [1.54, 1.807) is 32.2 Å². The maximum Gasteiger partial charge on any atom is 0.134 e. The first kappa shape index (κ1) is 15.2. The van der Waals surface area contributed by atoms with Gasteiger partial charge < -0.3 is 5.32 Å². The first-order valence-electron chi connectivity index (χ1n) is 6.02. The molecule has 0 heterocycles. The van der Waals surface area contributed by atoms with Gasteiger partial charge in [-0.15, -0.1) is 0 Å². The molecule has 2 aromatic carbocycles. The molecule has 0 fully saturated rings. The van der Waals surface area contributed by atoms with E-state index in [9.17, 15) is 8.78 Å². The molecule has 1 atom stereocenters. The van der Waals surface area contributed by atoms with Crippen LogP contribution in [0.2, 0.25) is 10.0 Å². The van der Waals surface area contributed by atoms with Crippen molar-refractivity contribution in [2.75, 3.05) is 7.05 Å². The molecule has 0 aromatic heterocycles. The van der Waals surface area contributed by atoms with E-state index in [4.69, 9.17) is 23.2 Å². The fourth-order valence-corrected chi connectivity index (χ4v) is 2.54. The summed E-state index contributed by atoms with van der Waals surface area (Å²) in [6.45, 7) is 1.59. The standard InChI is InChI=1S/C15H13Cl2F2N/c1-8-3-6-12(18)13(14(8)19)15(20-2)10-7-9(16)4-5-11(10)17/h3-7,15,20H,1-2H3. The summed E-state index contributed by atoms with van der Waals surface area (Å²) in [6, 6.07) is 6.78. The highest BCUT2D eigenvalue weighted by atomic mass is 35.5. The monoisotopic (exact) mass is 315 g/mol.